The van der Waals surface area contributed by atoms with Gasteiger partial charge in [-0.05, 0) is 18.6 Å². The first-order chi connectivity index (χ1) is 9.23. The summed E-state index contributed by atoms with van der Waals surface area (Å²) in [4.78, 5) is 0.254. The summed E-state index contributed by atoms with van der Waals surface area (Å²) < 4.78 is 49.8. The zero-order valence-electron chi connectivity index (χ0n) is 11.1. The molecule has 9 heteroatoms. The van der Waals surface area contributed by atoms with Crippen LogP contribution in [0.4, 0.5) is 0 Å². The van der Waals surface area contributed by atoms with Crippen LogP contribution in [0, 0.1) is 6.92 Å². The van der Waals surface area contributed by atoms with Crippen LogP contribution < -0.4 is 5.14 Å². The largest absolute Gasteiger partial charge is 0.276 e. The fraction of sp³-hybridized carbons (Fsp3) is 0.455. The molecule has 1 heterocycles. The SMILES string of the molecule is Cc1ccccc1S(=O)(=O)N1CCN(S(N)(=O)=O)CC1. The maximum atomic E-state index is 12.5. The lowest BCUT2D eigenvalue weighted by atomic mass is 10.2. The van der Waals surface area contributed by atoms with Crippen LogP contribution in [0.25, 0.3) is 0 Å². The van der Waals surface area contributed by atoms with Gasteiger partial charge in [-0.25, -0.2) is 13.6 Å². The van der Waals surface area contributed by atoms with Crippen molar-refractivity contribution in [1.82, 2.24) is 8.61 Å². The van der Waals surface area contributed by atoms with Gasteiger partial charge in [0.15, 0.2) is 0 Å². The quantitative estimate of drug-likeness (QED) is 0.812. The summed E-state index contributed by atoms with van der Waals surface area (Å²) in [6.07, 6.45) is 0. The topological polar surface area (TPSA) is 101 Å². The first-order valence-corrected chi connectivity index (χ1v) is 9.01. The summed E-state index contributed by atoms with van der Waals surface area (Å²) in [5.74, 6) is 0. The molecule has 0 aliphatic carbocycles. The third kappa shape index (κ3) is 3.01. The Balaban J connectivity index is 2.20. The van der Waals surface area contributed by atoms with Gasteiger partial charge in [-0.15, -0.1) is 0 Å². The van der Waals surface area contributed by atoms with Crippen LogP contribution in [-0.4, -0.2) is 51.6 Å². The molecule has 0 radical (unpaired) electrons. The molecule has 2 N–H and O–H groups in total. The number of nitrogens with zero attached hydrogens (tertiary/aromatic N) is 2. The van der Waals surface area contributed by atoms with Crippen molar-refractivity contribution in [3.8, 4) is 0 Å². The van der Waals surface area contributed by atoms with Crippen LogP contribution in [0.1, 0.15) is 5.56 Å². The van der Waals surface area contributed by atoms with E-state index in [4.69, 9.17) is 5.14 Å². The molecule has 112 valence electrons. The van der Waals surface area contributed by atoms with Crippen LogP contribution >= 0.6 is 0 Å². The molecule has 20 heavy (non-hydrogen) atoms. The molecule has 0 bridgehead atoms. The van der Waals surface area contributed by atoms with Crippen molar-refractivity contribution >= 4 is 20.2 Å². The van der Waals surface area contributed by atoms with Crippen molar-refractivity contribution in [3.05, 3.63) is 29.8 Å². The van der Waals surface area contributed by atoms with E-state index in [9.17, 15) is 16.8 Å². The molecule has 0 amide bonds. The summed E-state index contributed by atoms with van der Waals surface area (Å²) in [5.41, 5.74) is 0.668. The van der Waals surface area contributed by atoms with Crippen molar-refractivity contribution in [2.24, 2.45) is 5.14 Å². The number of rotatable bonds is 3. The van der Waals surface area contributed by atoms with Crippen LogP contribution in [0.15, 0.2) is 29.2 Å². The molecule has 0 atom stereocenters. The minimum absolute atomic E-state index is 0.0734. The van der Waals surface area contributed by atoms with Crippen molar-refractivity contribution < 1.29 is 16.8 Å². The van der Waals surface area contributed by atoms with E-state index in [1.165, 1.54) is 4.31 Å². The third-order valence-electron chi connectivity index (χ3n) is 3.27. The summed E-state index contributed by atoms with van der Waals surface area (Å²) in [6, 6.07) is 6.72. The number of aryl methyl sites for hydroxylation is 1. The number of sulfonamides is 1. The number of benzene rings is 1. The molecule has 0 spiro atoms. The van der Waals surface area contributed by atoms with E-state index in [1.807, 2.05) is 0 Å². The maximum absolute atomic E-state index is 12.5. The van der Waals surface area contributed by atoms with E-state index in [1.54, 1.807) is 31.2 Å². The van der Waals surface area contributed by atoms with Gasteiger partial charge in [0.25, 0.3) is 10.2 Å². The van der Waals surface area contributed by atoms with Gasteiger partial charge in [0, 0.05) is 26.2 Å². The zero-order chi connectivity index (χ0) is 15.0. The van der Waals surface area contributed by atoms with E-state index < -0.39 is 20.2 Å². The minimum atomic E-state index is -3.76. The van der Waals surface area contributed by atoms with Crippen LogP contribution in [-0.2, 0) is 20.2 Å². The lowest BCUT2D eigenvalue weighted by Gasteiger charge is -2.32. The first-order valence-electron chi connectivity index (χ1n) is 6.06. The molecule has 1 aromatic carbocycles. The van der Waals surface area contributed by atoms with Gasteiger partial charge in [0.2, 0.25) is 10.0 Å². The highest BCUT2D eigenvalue weighted by molar-refractivity contribution is 7.89. The smallest absolute Gasteiger partial charge is 0.216 e. The fourth-order valence-electron chi connectivity index (χ4n) is 2.15. The van der Waals surface area contributed by atoms with Crippen LogP contribution in [0.3, 0.4) is 0 Å². The average molecular weight is 319 g/mol. The van der Waals surface area contributed by atoms with Crippen LogP contribution in [0.2, 0.25) is 0 Å². The highest BCUT2D eigenvalue weighted by Gasteiger charge is 2.32. The van der Waals surface area contributed by atoms with Crippen molar-refractivity contribution in [2.45, 2.75) is 11.8 Å². The molecular weight excluding hydrogens is 302 g/mol. The maximum Gasteiger partial charge on any atom is 0.276 e. The number of hydrogen-bond acceptors (Lipinski definition) is 4. The third-order valence-corrected chi connectivity index (χ3v) is 6.41. The Morgan fingerprint density at radius 1 is 0.950 bits per heavy atom. The Hall–Kier alpha value is -1.00. The van der Waals surface area contributed by atoms with Gasteiger partial charge in [-0.2, -0.15) is 17.0 Å². The normalized spacial score (nSPS) is 19.1. The van der Waals surface area contributed by atoms with Crippen molar-refractivity contribution in [1.29, 1.82) is 0 Å². The first kappa shape index (κ1) is 15.4. The van der Waals surface area contributed by atoms with Gasteiger partial charge in [-0.1, -0.05) is 18.2 Å². The summed E-state index contributed by atoms with van der Waals surface area (Å²) >= 11 is 0. The number of hydrogen-bond donors (Lipinski definition) is 1. The van der Waals surface area contributed by atoms with Gasteiger partial charge in [0.1, 0.15) is 0 Å². The molecule has 2 rings (SSSR count). The van der Waals surface area contributed by atoms with E-state index in [0.29, 0.717) is 5.56 Å². The molecular formula is C11H17N3O4S2. The second-order valence-electron chi connectivity index (χ2n) is 4.61. The summed E-state index contributed by atoms with van der Waals surface area (Å²) in [6.45, 7) is 2.08. The van der Waals surface area contributed by atoms with Gasteiger partial charge in [0.05, 0.1) is 4.90 Å². The predicted octanol–water partition coefficient (Wildman–Crippen LogP) is -0.495. The predicted molar refractivity (Wildman–Crippen MR) is 74.6 cm³/mol. The number of nitrogens with two attached hydrogens (primary N) is 1. The highest BCUT2D eigenvalue weighted by Crippen LogP contribution is 2.21. The molecule has 0 saturated carbocycles. The molecule has 1 aliphatic rings. The van der Waals surface area contributed by atoms with Gasteiger partial charge in [-0.3, -0.25) is 0 Å². The van der Waals surface area contributed by atoms with E-state index in [-0.39, 0.29) is 31.1 Å². The molecule has 1 aromatic rings. The second-order valence-corrected chi connectivity index (χ2v) is 8.07. The van der Waals surface area contributed by atoms with E-state index in [0.717, 1.165) is 4.31 Å². The Bertz CT molecular complexity index is 692. The van der Waals surface area contributed by atoms with E-state index in [2.05, 4.69) is 0 Å². The molecule has 0 aromatic heterocycles. The molecule has 0 unspecified atom stereocenters. The van der Waals surface area contributed by atoms with E-state index >= 15 is 0 Å². The Morgan fingerprint density at radius 2 is 1.45 bits per heavy atom. The number of piperazine rings is 1. The fourth-order valence-corrected chi connectivity index (χ4v) is 4.47. The summed E-state index contributed by atoms with van der Waals surface area (Å²) in [7, 11) is -7.35. The Kier molecular flexibility index (Phi) is 4.17. The van der Waals surface area contributed by atoms with Crippen LogP contribution in [0.5, 0.6) is 0 Å². The van der Waals surface area contributed by atoms with Crippen molar-refractivity contribution in [3.63, 3.8) is 0 Å². The lowest BCUT2D eigenvalue weighted by molar-refractivity contribution is 0.273. The molecule has 1 saturated heterocycles. The summed E-state index contributed by atoms with van der Waals surface area (Å²) in [5, 5.41) is 5.03. The highest BCUT2D eigenvalue weighted by atomic mass is 32.2. The standard InChI is InChI=1S/C11H17N3O4S2/c1-10-4-2-3-5-11(10)19(15,16)13-6-8-14(9-7-13)20(12,17)18/h2-5H,6-9H2,1H3,(H2,12,17,18). The van der Waals surface area contributed by atoms with Gasteiger partial charge >= 0.3 is 0 Å². The van der Waals surface area contributed by atoms with Crippen molar-refractivity contribution in [2.75, 3.05) is 26.2 Å². The average Bonchev–Trinajstić information content (AvgIpc) is 2.38. The Labute approximate surface area is 119 Å². The zero-order valence-corrected chi connectivity index (χ0v) is 12.7. The Morgan fingerprint density at radius 3 is 1.95 bits per heavy atom. The second kappa shape index (κ2) is 5.41. The molecule has 1 aliphatic heterocycles. The van der Waals surface area contributed by atoms with Gasteiger partial charge < -0.3 is 0 Å². The molecule has 1 fully saturated rings. The molecule has 7 nitrogen and oxygen atoms in total. The monoisotopic (exact) mass is 319 g/mol. The lowest BCUT2D eigenvalue weighted by Crippen LogP contribution is -2.52. The minimum Gasteiger partial charge on any atom is -0.216 e.